The number of benzene rings is 1. The minimum Gasteiger partial charge on any atom is -0.504 e. The van der Waals surface area contributed by atoms with Gasteiger partial charge in [0.05, 0.1) is 11.0 Å². The SMILES string of the molecule is CC[C@@H]1c2ccc(O)c3c2[C@]24CCN(C)[C@H]1[C@]21C=C[C@@](OC)([C@@H](C(C)(C)O)C1)[C@]4(C)O3. The van der Waals surface area contributed by atoms with Crippen LogP contribution >= 0.6 is 0 Å². The molecular weight excluding hydrogens is 390 g/mol. The first-order valence-electron chi connectivity index (χ1n) is 11.8. The largest absolute Gasteiger partial charge is 0.504 e. The second-order valence-electron chi connectivity index (χ2n) is 11.4. The van der Waals surface area contributed by atoms with Crippen molar-refractivity contribution in [2.24, 2.45) is 11.3 Å². The Balaban J connectivity index is 1.78. The lowest BCUT2D eigenvalue weighted by Crippen LogP contribution is -2.85. The zero-order valence-electron chi connectivity index (χ0n) is 19.5. The van der Waals surface area contributed by atoms with Crippen molar-refractivity contribution in [2.75, 3.05) is 20.7 Å². The quantitative estimate of drug-likeness (QED) is 0.723. The Kier molecular flexibility index (Phi) is 3.56. The maximum atomic E-state index is 11.4. The number of methoxy groups -OCH3 is 1. The summed E-state index contributed by atoms with van der Waals surface area (Å²) in [5.74, 6) is 1.08. The van der Waals surface area contributed by atoms with Crippen LogP contribution in [0.15, 0.2) is 24.3 Å². The Morgan fingerprint density at radius 2 is 2.03 bits per heavy atom. The Labute approximate surface area is 185 Å². The number of piperidine rings is 1. The van der Waals surface area contributed by atoms with Crippen molar-refractivity contribution in [2.45, 2.75) is 81.1 Å². The Hall–Kier alpha value is -1.56. The van der Waals surface area contributed by atoms with Crippen LogP contribution in [0.4, 0.5) is 0 Å². The van der Waals surface area contributed by atoms with Crippen molar-refractivity contribution in [1.29, 1.82) is 0 Å². The Morgan fingerprint density at radius 1 is 1.29 bits per heavy atom. The van der Waals surface area contributed by atoms with E-state index in [0.29, 0.717) is 17.7 Å². The van der Waals surface area contributed by atoms with E-state index >= 15 is 0 Å². The van der Waals surface area contributed by atoms with Gasteiger partial charge in [0.2, 0.25) is 0 Å². The highest BCUT2D eigenvalue weighted by Crippen LogP contribution is 2.80. The third-order valence-corrected chi connectivity index (χ3v) is 10.2. The van der Waals surface area contributed by atoms with Gasteiger partial charge in [0.15, 0.2) is 11.5 Å². The van der Waals surface area contributed by atoms with Crippen LogP contribution in [-0.2, 0) is 10.2 Å². The van der Waals surface area contributed by atoms with Crippen LogP contribution in [0.1, 0.15) is 64.0 Å². The van der Waals surface area contributed by atoms with Gasteiger partial charge in [-0.2, -0.15) is 0 Å². The maximum Gasteiger partial charge on any atom is 0.166 e. The molecule has 31 heavy (non-hydrogen) atoms. The molecule has 4 aliphatic carbocycles. The number of rotatable bonds is 3. The fraction of sp³-hybridized carbons (Fsp3) is 0.692. The Morgan fingerprint density at radius 3 is 2.68 bits per heavy atom. The van der Waals surface area contributed by atoms with Gasteiger partial charge < -0.3 is 24.6 Å². The zero-order chi connectivity index (χ0) is 22.2. The van der Waals surface area contributed by atoms with E-state index in [2.05, 4.69) is 44.0 Å². The van der Waals surface area contributed by atoms with Gasteiger partial charge in [-0.3, -0.25) is 0 Å². The molecule has 1 aromatic carbocycles. The third kappa shape index (κ3) is 1.75. The van der Waals surface area contributed by atoms with Gasteiger partial charge >= 0.3 is 0 Å². The van der Waals surface area contributed by atoms with Crippen LogP contribution in [0.5, 0.6) is 11.5 Å². The van der Waals surface area contributed by atoms with Crippen LogP contribution in [0, 0.1) is 11.3 Å². The predicted octanol–water partition coefficient (Wildman–Crippen LogP) is 3.72. The molecule has 0 aromatic heterocycles. The monoisotopic (exact) mass is 425 g/mol. The van der Waals surface area contributed by atoms with Crippen LogP contribution in [-0.4, -0.2) is 58.7 Å². The van der Waals surface area contributed by atoms with Crippen LogP contribution < -0.4 is 4.74 Å². The molecule has 1 saturated carbocycles. The van der Waals surface area contributed by atoms with Crippen molar-refractivity contribution >= 4 is 0 Å². The highest BCUT2D eigenvalue weighted by Gasteiger charge is 2.85. The molecule has 2 fully saturated rings. The summed E-state index contributed by atoms with van der Waals surface area (Å²) in [6.07, 6.45) is 7.46. The first-order chi connectivity index (χ1) is 14.5. The number of ether oxygens (including phenoxy) is 2. The molecule has 1 aromatic rings. The number of hydrogen-bond acceptors (Lipinski definition) is 5. The van der Waals surface area contributed by atoms with Gasteiger partial charge in [-0.1, -0.05) is 25.1 Å². The number of likely N-dealkylation sites (N-methyl/N-ethyl adjacent to an activating group) is 1. The van der Waals surface area contributed by atoms with E-state index in [1.807, 2.05) is 19.9 Å². The number of phenols is 1. The Bertz CT molecular complexity index is 1010. The minimum atomic E-state index is -0.937. The number of fused-ring (bicyclic) bond motifs is 1. The summed E-state index contributed by atoms with van der Waals surface area (Å²) in [5, 5.41) is 22.4. The normalized spacial score (nSPS) is 46.7. The molecule has 4 bridgehead atoms. The summed E-state index contributed by atoms with van der Waals surface area (Å²) < 4.78 is 13.3. The summed E-state index contributed by atoms with van der Waals surface area (Å²) in [6, 6.07) is 4.26. The summed E-state index contributed by atoms with van der Waals surface area (Å²) >= 11 is 0. The fourth-order valence-electron chi connectivity index (χ4n) is 9.22. The van der Waals surface area contributed by atoms with Crippen LogP contribution in [0.3, 0.4) is 0 Å². The lowest BCUT2D eigenvalue weighted by Gasteiger charge is -2.76. The zero-order valence-corrected chi connectivity index (χ0v) is 19.5. The van der Waals surface area contributed by atoms with Crippen molar-refractivity contribution in [3.63, 3.8) is 0 Å². The lowest BCUT2D eigenvalue weighted by atomic mass is 9.31. The van der Waals surface area contributed by atoms with Gasteiger partial charge in [-0.25, -0.2) is 0 Å². The molecule has 1 saturated heterocycles. The van der Waals surface area contributed by atoms with E-state index in [9.17, 15) is 10.2 Å². The van der Waals surface area contributed by atoms with Gasteiger partial charge in [0.1, 0.15) is 11.2 Å². The first kappa shape index (κ1) is 20.1. The molecule has 0 radical (unpaired) electrons. The molecule has 2 aliphatic heterocycles. The van der Waals surface area contributed by atoms with Gasteiger partial charge in [-0.15, -0.1) is 0 Å². The molecule has 0 unspecified atom stereocenters. The van der Waals surface area contributed by atoms with E-state index in [4.69, 9.17) is 9.47 Å². The molecule has 168 valence electrons. The number of nitrogens with zero attached hydrogens (tertiary/aromatic N) is 1. The summed E-state index contributed by atoms with van der Waals surface area (Å²) in [4.78, 5) is 2.55. The summed E-state index contributed by atoms with van der Waals surface area (Å²) in [6.45, 7) is 9.25. The van der Waals surface area contributed by atoms with Crippen molar-refractivity contribution in [3.8, 4) is 11.5 Å². The number of likely N-dealkylation sites (tertiary alicyclic amines) is 1. The second-order valence-corrected chi connectivity index (χ2v) is 11.4. The second kappa shape index (κ2) is 5.49. The standard InChI is InChI=1S/C26H35NO4/c1-7-15-16-8-9-17(28)20-19(16)25-12-13-27(5)21(15)24(25)10-11-26(30-6,23(25,4)31-20)18(14-24)22(2,3)29/h8-11,15,18,21,28-29H,7,12-14H2,1-6H3/t15-,18-,21-,23-,24-,25+,26-/m1/s1. The van der Waals surface area contributed by atoms with Crippen LogP contribution in [0.25, 0.3) is 0 Å². The number of hydrogen-bond donors (Lipinski definition) is 2. The lowest BCUT2D eigenvalue weighted by molar-refractivity contribution is -0.285. The number of aliphatic hydroxyl groups is 1. The van der Waals surface area contributed by atoms with Crippen molar-refractivity contribution < 1.29 is 19.7 Å². The van der Waals surface area contributed by atoms with E-state index in [-0.39, 0.29) is 22.5 Å². The van der Waals surface area contributed by atoms with Crippen molar-refractivity contribution in [3.05, 3.63) is 35.4 Å². The van der Waals surface area contributed by atoms with Crippen LogP contribution in [0.2, 0.25) is 0 Å². The molecule has 2 spiro atoms. The molecule has 5 heteroatoms. The van der Waals surface area contributed by atoms with E-state index in [1.165, 1.54) is 11.1 Å². The maximum absolute atomic E-state index is 11.4. The molecule has 0 amide bonds. The van der Waals surface area contributed by atoms with Gasteiger partial charge in [0, 0.05) is 36.0 Å². The van der Waals surface area contributed by atoms with Gasteiger partial charge in [-0.05, 0) is 65.3 Å². The summed E-state index contributed by atoms with van der Waals surface area (Å²) in [7, 11) is 4.01. The topological polar surface area (TPSA) is 62.2 Å². The van der Waals surface area contributed by atoms with Crippen molar-refractivity contribution in [1.82, 2.24) is 4.90 Å². The average Bonchev–Trinajstić information content (AvgIpc) is 3.01. The smallest absolute Gasteiger partial charge is 0.166 e. The molecule has 2 heterocycles. The summed E-state index contributed by atoms with van der Waals surface area (Å²) in [5.41, 5.74) is -0.381. The first-order valence-corrected chi connectivity index (χ1v) is 11.8. The predicted molar refractivity (Wildman–Crippen MR) is 119 cm³/mol. The highest BCUT2D eigenvalue weighted by molar-refractivity contribution is 5.68. The molecular formula is C26H35NO4. The molecule has 2 N–H and O–H groups in total. The minimum absolute atomic E-state index is 0.127. The molecule has 6 aliphatic rings. The fourth-order valence-corrected chi connectivity index (χ4v) is 9.22. The number of aromatic hydroxyl groups is 1. The third-order valence-electron chi connectivity index (χ3n) is 10.2. The van der Waals surface area contributed by atoms with E-state index in [0.717, 1.165) is 25.8 Å². The highest BCUT2D eigenvalue weighted by atomic mass is 16.6. The molecule has 7 rings (SSSR count). The van der Waals surface area contributed by atoms with Gasteiger partial charge in [0.25, 0.3) is 0 Å². The number of phenolic OH excluding ortho intramolecular Hbond substituents is 1. The van der Waals surface area contributed by atoms with E-state index < -0.39 is 16.8 Å². The van der Waals surface area contributed by atoms with E-state index in [1.54, 1.807) is 7.11 Å². The molecule has 7 atom stereocenters. The molecule has 5 nitrogen and oxygen atoms in total. The average molecular weight is 426 g/mol.